The molecule has 0 spiro atoms. The van der Waals surface area contributed by atoms with E-state index in [2.05, 4.69) is 4.90 Å². The summed E-state index contributed by atoms with van der Waals surface area (Å²) in [7, 11) is 0. The molecule has 1 aromatic rings. The molecule has 0 radical (unpaired) electrons. The molecule has 0 saturated carbocycles. The zero-order valence-corrected chi connectivity index (χ0v) is 11.1. The predicted molar refractivity (Wildman–Crippen MR) is 70.5 cm³/mol. The van der Waals surface area contributed by atoms with Gasteiger partial charge in [-0.3, -0.25) is 9.69 Å². The minimum Gasteiger partial charge on any atom is -0.488 e. The number of nitrogens with zero attached hydrogens (tertiary/aromatic N) is 1. The summed E-state index contributed by atoms with van der Waals surface area (Å²) in [4.78, 5) is 13.3. The molecule has 5 heteroatoms. The topological polar surface area (TPSA) is 48.0 Å². The molecule has 1 aromatic carbocycles. The molecule has 0 atom stereocenters. The lowest BCUT2D eigenvalue weighted by atomic mass is 10.3. The van der Waals surface area contributed by atoms with Gasteiger partial charge in [-0.25, -0.2) is 0 Å². The Bertz CT molecular complexity index is 416. The van der Waals surface area contributed by atoms with Gasteiger partial charge in [0.05, 0.1) is 13.2 Å². The lowest BCUT2D eigenvalue weighted by molar-refractivity contribution is -0.132. The van der Waals surface area contributed by atoms with Crippen molar-refractivity contribution >= 4 is 5.97 Å². The zero-order chi connectivity index (χ0) is 13.5. The number of para-hydroxylation sites is 2. The van der Waals surface area contributed by atoms with Crippen molar-refractivity contribution < 1.29 is 19.0 Å². The van der Waals surface area contributed by atoms with Gasteiger partial charge in [0.1, 0.15) is 6.61 Å². The predicted octanol–water partition coefficient (Wildman–Crippen LogP) is 1.32. The molecule has 1 saturated heterocycles. The first-order valence-electron chi connectivity index (χ1n) is 6.46. The van der Waals surface area contributed by atoms with Crippen molar-refractivity contribution in [2.75, 3.05) is 39.5 Å². The number of morpholine rings is 1. The first-order chi connectivity index (χ1) is 9.25. The van der Waals surface area contributed by atoms with Crippen molar-refractivity contribution in [2.45, 2.75) is 6.92 Å². The minimum atomic E-state index is -0.343. The summed E-state index contributed by atoms with van der Waals surface area (Å²) in [6, 6.07) is 7.20. The Hall–Kier alpha value is -1.59. The van der Waals surface area contributed by atoms with Gasteiger partial charge in [0.2, 0.25) is 0 Å². The number of ether oxygens (including phenoxy) is 3. The van der Waals surface area contributed by atoms with Crippen LogP contribution >= 0.6 is 0 Å². The van der Waals surface area contributed by atoms with Crippen molar-refractivity contribution in [1.29, 1.82) is 0 Å². The Morgan fingerprint density at radius 3 is 2.63 bits per heavy atom. The number of hydrogen-bond acceptors (Lipinski definition) is 5. The SMILES string of the molecule is CC(=O)Oc1ccccc1OCCN1CCOCC1. The van der Waals surface area contributed by atoms with E-state index in [9.17, 15) is 4.79 Å². The summed E-state index contributed by atoms with van der Waals surface area (Å²) in [5.74, 6) is 0.729. The highest BCUT2D eigenvalue weighted by Gasteiger charge is 2.11. The van der Waals surface area contributed by atoms with Gasteiger partial charge in [0, 0.05) is 26.6 Å². The maximum absolute atomic E-state index is 11.0. The lowest BCUT2D eigenvalue weighted by Crippen LogP contribution is -2.38. The molecule has 0 N–H and O–H groups in total. The molecule has 0 bridgehead atoms. The van der Waals surface area contributed by atoms with Crippen LogP contribution in [0.25, 0.3) is 0 Å². The van der Waals surface area contributed by atoms with Crippen LogP contribution < -0.4 is 9.47 Å². The van der Waals surface area contributed by atoms with Crippen molar-refractivity contribution in [2.24, 2.45) is 0 Å². The molecule has 5 nitrogen and oxygen atoms in total. The Morgan fingerprint density at radius 2 is 1.95 bits per heavy atom. The second-order valence-electron chi connectivity index (χ2n) is 4.34. The van der Waals surface area contributed by atoms with E-state index in [-0.39, 0.29) is 5.97 Å². The number of esters is 1. The van der Waals surface area contributed by atoms with E-state index >= 15 is 0 Å². The third kappa shape index (κ3) is 4.54. The van der Waals surface area contributed by atoms with E-state index in [0.29, 0.717) is 18.1 Å². The Balaban J connectivity index is 1.83. The standard InChI is InChI=1S/C14H19NO4/c1-12(16)19-14-5-3-2-4-13(14)18-11-8-15-6-9-17-10-7-15/h2-5H,6-11H2,1H3. The van der Waals surface area contributed by atoms with Crippen molar-refractivity contribution in [1.82, 2.24) is 4.90 Å². The first-order valence-corrected chi connectivity index (χ1v) is 6.46. The first kappa shape index (κ1) is 13.8. The van der Waals surface area contributed by atoms with Gasteiger partial charge in [-0.05, 0) is 12.1 Å². The van der Waals surface area contributed by atoms with E-state index in [1.54, 1.807) is 12.1 Å². The number of rotatable bonds is 5. The molecule has 0 unspecified atom stereocenters. The Morgan fingerprint density at radius 1 is 1.26 bits per heavy atom. The van der Waals surface area contributed by atoms with Crippen LogP contribution in [0.4, 0.5) is 0 Å². The lowest BCUT2D eigenvalue weighted by Gasteiger charge is -2.26. The van der Waals surface area contributed by atoms with E-state index in [1.807, 2.05) is 12.1 Å². The van der Waals surface area contributed by atoms with Crippen LogP contribution in [0.1, 0.15) is 6.92 Å². The summed E-state index contributed by atoms with van der Waals surface area (Å²) in [5, 5.41) is 0. The molecule has 104 valence electrons. The molecule has 19 heavy (non-hydrogen) atoms. The number of benzene rings is 1. The monoisotopic (exact) mass is 265 g/mol. The van der Waals surface area contributed by atoms with E-state index in [0.717, 1.165) is 32.8 Å². The van der Waals surface area contributed by atoms with Crippen LogP contribution in [0.5, 0.6) is 11.5 Å². The van der Waals surface area contributed by atoms with Crippen LogP contribution in [0.15, 0.2) is 24.3 Å². The molecule has 1 aliphatic rings. The van der Waals surface area contributed by atoms with E-state index < -0.39 is 0 Å². The summed E-state index contributed by atoms with van der Waals surface area (Å²) < 4.78 is 16.1. The van der Waals surface area contributed by atoms with Gasteiger partial charge in [0.15, 0.2) is 11.5 Å². The average Bonchev–Trinajstić information content (AvgIpc) is 2.41. The second kappa shape index (κ2) is 7.11. The number of carbonyl (C=O) groups is 1. The summed E-state index contributed by atoms with van der Waals surface area (Å²) in [6.45, 7) is 6.23. The zero-order valence-electron chi connectivity index (χ0n) is 11.1. The summed E-state index contributed by atoms with van der Waals surface area (Å²) >= 11 is 0. The maximum Gasteiger partial charge on any atom is 0.308 e. The summed E-state index contributed by atoms with van der Waals surface area (Å²) in [5.41, 5.74) is 0. The molecular weight excluding hydrogens is 246 g/mol. The maximum atomic E-state index is 11.0. The molecule has 2 rings (SSSR count). The Kier molecular flexibility index (Phi) is 5.18. The molecule has 0 amide bonds. The fourth-order valence-electron chi connectivity index (χ4n) is 1.92. The fourth-order valence-corrected chi connectivity index (χ4v) is 1.92. The molecule has 0 aliphatic carbocycles. The third-order valence-corrected chi connectivity index (χ3v) is 2.87. The summed E-state index contributed by atoms with van der Waals surface area (Å²) in [6.07, 6.45) is 0. The molecule has 1 fully saturated rings. The van der Waals surface area contributed by atoms with Crippen LogP contribution in [-0.4, -0.2) is 50.3 Å². The van der Waals surface area contributed by atoms with Crippen molar-refractivity contribution in [3.8, 4) is 11.5 Å². The largest absolute Gasteiger partial charge is 0.488 e. The highest BCUT2D eigenvalue weighted by molar-refractivity contribution is 5.70. The van der Waals surface area contributed by atoms with Crippen LogP contribution in [0, 0.1) is 0 Å². The molecule has 0 aromatic heterocycles. The second-order valence-corrected chi connectivity index (χ2v) is 4.34. The fraction of sp³-hybridized carbons (Fsp3) is 0.500. The number of hydrogen-bond donors (Lipinski definition) is 0. The highest BCUT2D eigenvalue weighted by atomic mass is 16.6. The Labute approximate surface area is 113 Å². The molecular formula is C14H19NO4. The van der Waals surface area contributed by atoms with Gasteiger partial charge < -0.3 is 14.2 Å². The van der Waals surface area contributed by atoms with E-state index in [1.165, 1.54) is 6.92 Å². The van der Waals surface area contributed by atoms with Crippen molar-refractivity contribution in [3.63, 3.8) is 0 Å². The minimum absolute atomic E-state index is 0.343. The van der Waals surface area contributed by atoms with Crippen LogP contribution in [0.2, 0.25) is 0 Å². The number of carbonyl (C=O) groups excluding carboxylic acids is 1. The van der Waals surface area contributed by atoms with Gasteiger partial charge in [0.25, 0.3) is 0 Å². The van der Waals surface area contributed by atoms with Gasteiger partial charge in [-0.15, -0.1) is 0 Å². The normalized spacial score (nSPS) is 16.1. The van der Waals surface area contributed by atoms with E-state index in [4.69, 9.17) is 14.2 Å². The van der Waals surface area contributed by atoms with Crippen LogP contribution in [0.3, 0.4) is 0 Å². The average molecular weight is 265 g/mol. The van der Waals surface area contributed by atoms with Gasteiger partial charge >= 0.3 is 5.97 Å². The smallest absolute Gasteiger partial charge is 0.308 e. The van der Waals surface area contributed by atoms with Crippen molar-refractivity contribution in [3.05, 3.63) is 24.3 Å². The molecule has 1 aliphatic heterocycles. The molecule has 1 heterocycles. The quantitative estimate of drug-likeness (QED) is 0.593. The highest BCUT2D eigenvalue weighted by Crippen LogP contribution is 2.26. The third-order valence-electron chi connectivity index (χ3n) is 2.87. The van der Waals surface area contributed by atoms with Gasteiger partial charge in [-0.1, -0.05) is 12.1 Å². The van der Waals surface area contributed by atoms with Gasteiger partial charge in [-0.2, -0.15) is 0 Å². The van der Waals surface area contributed by atoms with Crippen LogP contribution in [-0.2, 0) is 9.53 Å².